The van der Waals surface area contributed by atoms with Gasteiger partial charge in [0.2, 0.25) is 0 Å². The average molecular weight is 333 g/mol. The molecule has 0 unspecified atom stereocenters. The minimum Gasteiger partial charge on any atom is -0.479 e. The molecule has 0 saturated carbocycles. The van der Waals surface area contributed by atoms with Crippen LogP contribution in [-0.2, 0) is 0 Å². The number of carbonyl (C=O) groups is 1. The smallest absolute Gasteiger partial charge is 0.261 e. The molecule has 0 bridgehead atoms. The molecular formula is C19H15N3O3. The lowest BCUT2D eigenvalue weighted by atomic mass is 10.1. The van der Waals surface area contributed by atoms with Gasteiger partial charge in [0, 0.05) is 17.3 Å². The van der Waals surface area contributed by atoms with Gasteiger partial charge in [-0.25, -0.2) is 0 Å². The van der Waals surface area contributed by atoms with E-state index < -0.39 is 0 Å². The van der Waals surface area contributed by atoms with Crippen LogP contribution in [0, 0.1) is 18.3 Å². The number of hydrogen-bond acceptors (Lipinski definition) is 5. The maximum absolute atomic E-state index is 12.7. The van der Waals surface area contributed by atoms with E-state index in [1.165, 1.54) is 0 Å². The molecule has 3 aromatic rings. The monoisotopic (exact) mass is 333 g/mol. The molecule has 6 nitrogen and oxygen atoms in total. The average Bonchev–Trinajstić information content (AvgIpc) is 3.02. The van der Waals surface area contributed by atoms with Gasteiger partial charge in [-0.15, -0.1) is 0 Å². The Bertz CT molecular complexity index is 927. The van der Waals surface area contributed by atoms with E-state index in [9.17, 15) is 4.79 Å². The second-order valence-corrected chi connectivity index (χ2v) is 5.26. The van der Waals surface area contributed by atoms with Crippen molar-refractivity contribution in [1.29, 1.82) is 5.26 Å². The van der Waals surface area contributed by atoms with Crippen LogP contribution in [0.15, 0.2) is 59.1 Å². The number of hydrogen-bond donors (Lipinski definition) is 1. The van der Waals surface area contributed by atoms with E-state index in [0.717, 1.165) is 5.56 Å². The van der Waals surface area contributed by atoms with Crippen LogP contribution in [0.5, 0.6) is 5.75 Å². The van der Waals surface area contributed by atoms with Crippen molar-refractivity contribution in [2.75, 3.05) is 11.9 Å². The van der Waals surface area contributed by atoms with Gasteiger partial charge in [0.25, 0.3) is 5.91 Å². The lowest BCUT2D eigenvalue weighted by Gasteiger charge is -2.08. The topological polar surface area (TPSA) is 88.2 Å². The first-order valence-electron chi connectivity index (χ1n) is 7.62. The first-order valence-corrected chi connectivity index (χ1v) is 7.62. The number of ether oxygens (including phenoxy) is 1. The van der Waals surface area contributed by atoms with Gasteiger partial charge in [-0.1, -0.05) is 41.6 Å². The molecule has 0 saturated heterocycles. The van der Waals surface area contributed by atoms with Gasteiger partial charge in [-0.3, -0.25) is 4.79 Å². The van der Waals surface area contributed by atoms with Crippen LogP contribution in [0.2, 0.25) is 0 Å². The molecule has 1 aromatic heterocycles. The van der Waals surface area contributed by atoms with Gasteiger partial charge in [-0.2, -0.15) is 5.26 Å². The van der Waals surface area contributed by atoms with Crippen molar-refractivity contribution < 1.29 is 14.1 Å². The number of benzene rings is 2. The summed E-state index contributed by atoms with van der Waals surface area (Å²) < 4.78 is 10.5. The molecule has 124 valence electrons. The fourth-order valence-electron chi connectivity index (χ4n) is 2.41. The lowest BCUT2D eigenvalue weighted by molar-refractivity contribution is 0.102. The van der Waals surface area contributed by atoms with Gasteiger partial charge < -0.3 is 14.6 Å². The predicted molar refractivity (Wildman–Crippen MR) is 92.2 cm³/mol. The molecule has 25 heavy (non-hydrogen) atoms. The number of anilines is 1. The van der Waals surface area contributed by atoms with Crippen LogP contribution in [0.1, 0.15) is 16.1 Å². The fourth-order valence-corrected chi connectivity index (χ4v) is 2.41. The molecule has 0 spiro atoms. The van der Waals surface area contributed by atoms with Crippen LogP contribution >= 0.6 is 0 Å². The molecule has 0 aliphatic carbocycles. The largest absolute Gasteiger partial charge is 0.479 e. The van der Waals surface area contributed by atoms with Crippen LogP contribution < -0.4 is 10.1 Å². The number of rotatable bonds is 5. The Balaban J connectivity index is 1.85. The van der Waals surface area contributed by atoms with Gasteiger partial charge in [0.05, 0.1) is 0 Å². The molecule has 0 radical (unpaired) electrons. The van der Waals surface area contributed by atoms with Crippen molar-refractivity contribution in [3.63, 3.8) is 0 Å². The summed E-state index contributed by atoms with van der Waals surface area (Å²) in [6, 6.07) is 18.1. The van der Waals surface area contributed by atoms with Crippen molar-refractivity contribution in [1.82, 2.24) is 5.16 Å². The number of amides is 1. The molecule has 1 N–H and O–H groups in total. The first-order chi connectivity index (χ1) is 12.2. The van der Waals surface area contributed by atoms with E-state index in [4.69, 9.17) is 14.5 Å². The molecule has 3 rings (SSSR count). The lowest BCUT2D eigenvalue weighted by Crippen LogP contribution is -2.13. The van der Waals surface area contributed by atoms with E-state index in [1.54, 1.807) is 31.2 Å². The first kappa shape index (κ1) is 16.3. The van der Waals surface area contributed by atoms with Crippen LogP contribution in [0.25, 0.3) is 11.3 Å². The second-order valence-electron chi connectivity index (χ2n) is 5.26. The van der Waals surface area contributed by atoms with E-state index in [0.29, 0.717) is 28.5 Å². The highest BCUT2D eigenvalue weighted by Crippen LogP contribution is 2.26. The van der Waals surface area contributed by atoms with E-state index in [1.807, 2.05) is 36.4 Å². The summed E-state index contributed by atoms with van der Waals surface area (Å²) in [5.74, 6) is 0.618. The Morgan fingerprint density at radius 2 is 2.04 bits per heavy atom. The van der Waals surface area contributed by atoms with Gasteiger partial charge >= 0.3 is 0 Å². The summed E-state index contributed by atoms with van der Waals surface area (Å²) >= 11 is 0. The van der Waals surface area contributed by atoms with Crippen molar-refractivity contribution in [2.45, 2.75) is 6.92 Å². The molecular weight excluding hydrogens is 318 g/mol. The van der Waals surface area contributed by atoms with Crippen molar-refractivity contribution in [2.24, 2.45) is 0 Å². The maximum Gasteiger partial charge on any atom is 0.261 e. The van der Waals surface area contributed by atoms with Gasteiger partial charge in [0.1, 0.15) is 28.8 Å². The zero-order valence-electron chi connectivity index (χ0n) is 13.5. The van der Waals surface area contributed by atoms with Crippen molar-refractivity contribution in [3.05, 3.63) is 65.9 Å². The summed E-state index contributed by atoms with van der Waals surface area (Å²) in [6.45, 7) is 1.64. The van der Waals surface area contributed by atoms with Crippen LogP contribution in [-0.4, -0.2) is 17.7 Å². The van der Waals surface area contributed by atoms with Crippen LogP contribution in [0.3, 0.4) is 0 Å². The van der Waals surface area contributed by atoms with Crippen molar-refractivity contribution in [3.8, 4) is 23.1 Å². The highest BCUT2D eigenvalue weighted by Gasteiger charge is 2.21. The normalized spacial score (nSPS) is 10.1. The number of nitriles is 1. The molecule has 0 fully saturated rings. The van der Waals surface area contributed by atoms with Gasteiger partial charge in [-0.05, 0) is 19.1 Å². The number of aromatic nitrogens is 1. The number of nitrogens with zero attached hydrogens (tertiary/aromatic N) is 2. The fraction of sp³-hybridized carbons (Fsp3) is 0.105. The molecule has 0 aliphatic rings. The minimum absolute atomic E-state index is 0.0552. The third kappa shape index (κ3) is 3.67. The molecule has 2 aromatic carbocycles. The maximum atomic E-state index is 12.7. The Morgan fingerprint density at radius 3 is 2.80 bits per heavy atom. The zero-order valence-corrected chi connectivity index (χ0v) is 13.5. The third-order valence-electron chi connectivity index (χ3n) is 3.53. The van der Waals surface area contributed by atoms with E-state index in [2.05, 4.69) is 10.5 Å². The second kappa shape index (κ2) is 7.32. The number of carbonyl (C=O) groups excluding carboxylic acids is 1. The predicted octanol–water partition coefficient (Wildman–Crippen LogP) is 3.80. The van der Waals surface area contributed by atoms with Gasteiger partial charge in [0.15, 0.2) is 6.61 Å². The third-order valence-corrected chi connectivity index (χ3v) is 3.53. The molecule has 6 heteroatoms. The van der Waals surface area contributed by atoms with E-state index in [-0.39, 0.29) is 12.5 Å². The number of nitrogens with one attached hydrogen (secondary N) is 1. The Hall–Kier alpha value is -3.59. The Kier molecular flexibility index (Phi) is 4.77. The summed E-state index contributed by atoms with van der Waals surface area (Å²) in [5, 5.41) is 15.4. The summed E-state index contributed by atoms with van der Waals surface area (Å²) in [4.78, 5) is 12.7. The molecule has 0 aliphatic heterocycles. The van der Waals surface area contributed by atoms with Crippen LogP contribution in [0.4, 0.5) is 5.69 Å². The molecule has 0 atom stereocenters. The Labute approximate surface area is 144 Å². The molecule has 1 amide bonds. The highest BCUT2D eigenvalue weighted by atomic mass is 16.5. The summed E-state index contributed by atoms with van der Waals surface area (Å²) in [5.41, 5.74) is 2.23. The van der Waals surface area contributed by atoms with E-state index >= 15 is 0 Å². The van der Waals surface area contributed by atoms with Crippen molar-refractivity contribution >= 4 is 11.6 Å². The zero-order chi connectivity index (χ0) is 17.6. The molecule has 1 heterocycles. The SMILES string of the molecule is Cc1onc(-c2ccccc2)c1C(=O)Nc1cccc(OCC#N)c1. The summed E-state index contributed by atoms with van der Waals surface area (Å²) in [6.07, 6.45) is 0. The minimum atomic E-state index is -0.324. The summed E-state index contributed by atoms with van der Waals surface area (Å²) in [7, 11) is 0. The highest BCUT2D eigenvalue weighted by molar-refractivity contribution is 6.08. The standard InChI is InChI=1S/C19H15N3O3/c1-13-17(18(22-25-13)14-6-3-2-4-7-14)19(23)21-15-8-5-9-16(12-15)24-11-10-20/h2-9,12H,11H2,1H3,(H,21,23). The quantitative estimate of drug-likeness (QED) is 0.767. The number of aryl methyl sites for hydroxylation is 1. The Morgan fingerprint density at radius 1 is 1.24 bits per heavy atom.